The molecule has 0 atom stereocenters. The van der Waals surface area contributed by atoms with Gasteiger partial charge in [-0.05, 0) is 64.5 Å². The lowest BCUT2D eigenvalue weighted by atomic mass is 9.99. The Balaban J connectivity index is 2.02. The molecular formula is C16H12BrClO. The molecule has 0 saturated carbocycles. The lowest BCUT2D eigenvalue weighted by Gasteiger charge is -2.07. The van der Waals surface area contributed by atoms with Crippen LogP contribution in [0.4, 0.5) is 0 Å². The summed E-state index contributed by atoms with van der Waals surface area (Å²) in [6, 6.07) is 11.4. The van der Waals surface area contributed by atoms with Crippen LogP contribution in [0.25, 0.3) is 0 Å². The molecule has 3 rings (SSSR count). The van der Waals surface area contributed by atoms with Gasteiger partial charge >= 0.3 is 0 Å². The minimum absolute atomic E-state index is 0.0130. The fraction of sp³-hybridized carbons (Fsp3) is 0.188. The predicted octanol–water partition coefficient (Wildman–Crippen LogP) is 4.82. The van der Waals surface area contributed by atoms with E-state index in [4.69, 9.17) is 11.6 Å². The van der Waals surface area contributed by atoms with Gasteiger partial charge in [0.15, 0.2) is 5.78 Å². The van der Waals surface area contributed by atoms with Crippen molar-refractivity contribution in [3.63, 3.8) is 0 Å². The molecule has 0 N–H and O–H groups in total. The summed E-state index contributed by atoms with van der Waals surface area (Å²) in [5.41, 5.74) is 3.95. The van der Waals surface area contributed by atoms with Crippen LogP contribution in [0, 0.1) is 0 Å². The second-order valence-electron chi connectivity index (χ2n) is 4.77. The fourth-order valence-electron chi connectivity index (χ4n) is 2.55. The van der Waals surface area contributed by atoms with Crippen molar-refractivity contribution in [2.45, 2.75) is 19.3 Å². The van der Waals surface area contributed by atoms with Gasteiger partial charge < -0.3 is 0 Å². The number of benzene rings is 2. The van der Waals surface area contributed by atoms with Crippen molar-refractivity contribution in [3.05, 3.63) is 68.1 Å². The first-order valence-corrected chi connectivity index (χ1v) is 7.44. The monoisotopic (exact) mass is 334 g/mol. The molecule has 1 aliphatic carbocycles. The number of rotatable bonds is 2. The number of carbonyl (C=O) groups is 1. The average molecular weight is 336 g/mol. The number of ketones is 1. The summed E-state index contributed by atoms with van der Waals surface area (Å²) in [7, 11) is 0. The lowest BCUT2D eigenvalue weighted by Crippen LogP contribution is -2.03. The Hall–Kier alpha value is -1.12. The van der Waals surface area contributed by atoms with Gasteiger partial charge in [-0.25, -0.2) is 0 Å². The number of fused-ring (bicyclic) bond motifs is 1. The summed E-state index contributed by atoms with van der Waals surface area (Å²) in [5, 5.41) is 0.480. The van der Waals surface area contributed by atoms with Crippen molar-refractivity contribution in [1.29, 1.82) is 0 Å². The van der Waals surface area contributed by atoms with Gasteiger partial charge in [0.2, 0.25) is 0 Å². The minimum atomic E-state index is -0.0130. The van der Waals surface area contributed by atoms with Crippen LogP contribution in [0.1, 0.15) is 33.5 Å². The van der Waals surface area contributed by atoms with E-state index in [0.29, 0.717) is 10.6 Å². The van der Waals surface area contributed by atoms with E-state index in [1.807, 2.05) is 24.3 Å². The van der Waals surface area contributed by atoms with Crippen molar-refractivity contribution in [3.8, 4) is 0 Å². The summed E-state index contributed by atoms with van der Waals surface area (Å²) in [5.74, 6) is -0.0130. The van der Waals surface area contributed by atoms with Crippen molar-refractivity contribution in [2.24, 2.45) is 0 Å². The number of carbonyl (C=O) groups excluding carboxylic acids is 1. The predicted molar refractivity (Wildman–Crippen MR) is 81.1 cm³/mol. The van der Waals surface area contributed by atoms with E-state index in [1.165, 1.54) is 17.5 Å². The SMILES string of the molecule is O=C(c1ccc2c(c1)CCC2)c1cccc(Br)c1Cl. The first-order valence-electron chi connectivity index (χ1n) is 6.27. The van der Waals surface area contributed by atoms with Crippen molar-refractivity contribution < 1.29 is 4.79 Å². The Morgan fingerprint density at radius 1 is 1.11 bits per heavy atom. The molecule has 0 saturated heterocycles. The Labute approximate surface area is 125 Å². The number of halogens is 2. The zero-order valence-corrected chi connectivity index (χ0v) is 12.6. The van der Waals surface area contributed by atoms with Crippen LogP contribution >= 0.6 is 27.5 Å². The molecule has 0 aromatic heterocycles. The van der Waals surface area contributed by atoms with Crippen molar-refractivity contribution in [2.75, 3.05) is 0 Å². The quantitative estimate of drug-likeness (QED) is 0.719. The molecule has 3 heteroatoms. The van der Waals surface area contributed by atoms with Gasteiger partial charge in [0.05, 0.1) is 5.02 Å². The molecule has 1 nitrogen and oxygen atoms in total. The van der Waals surface area contributed by atoms with Crippen molar-refractivity contribution in [1.82, 2.24) is 0 Å². The number of hydrogen-bond acceptors (Lipinski definition) is 1. The fourth-order valence-corrected chi connectivity index (χ4v) is 3.13. The summed E-state index contributed by atoms with van der Waals surface area (Å²) < 4.78 is 0.751. The highest BCUT2D eigenvalue weighted by Crippen LogP contribution is 2.29. The topological polar surface area (TPSA) is 17.1 Å². The normalized spacial score (nSPS) is 13.4. The highest BCUT2D eigenvalue weighted by atomic mass is 79.9. The highest BCUT2D eigenvalue weighted by molar-refractivity contribution is 9.10. The first-order chi connectivity index (χ1) is 9.16. The van der Waals surface area contributed by atoms with Crippen molar-refractivity contribution >= 4 is 33.3 Å². The average Bonchev–Trinajstić information content (AvgIpc) is 2.88. The third kappa shape index (κ3) is 2.35. The van der Waals surface area contributed by atoms with Crippen LogP contribution in [-0.2, 0) is 12.8 Å². The van der Waals surface area contributed by atoms with Gasteiger partial charge in [0.25, 0.3) is 0 Å². The minimum Gasteiger partial charge on any atom is -0.289 e. The van der Waals surface area contributed by atoms with E-state index < -0.39 is 0 Å². The maximum atomic E-state index is 12.5. The third-order valence-corrected chi connectivity index (χ3v) is 4.85. The second-order valence-corrected chi connectivity index (χ2v) is 6.00. The number of aryl methyl sites for hydroxylation is 2. The Morgan fingerprint density at radius 2 is 1.89 bits per heavy atom. The van der Waals surface area contributed by atoms with E-state index in [0.717, 1.165) is 22.9 Å². The molecule has 2 aromatic carbocycles. The van der Waals surface area contributed by atoms with Crippen LogP contribution in [0.15, 0.2) is 40.9 Å². The Bertz CT molecular complexity index is 664. The van der Waals surface area contributed by atoms with Crippen LogP contribution in [0.3, 0.4) is 0 Å². The van der Waals surface area contributed by atoms with E-state index in [1.54, 1.807) is 6.07 Å². The molecule has 0 radical (unpaired) electrons. The summed E-state index contributed by atoms with van der Waals surface area (Å²) >= 11 is 9.54. The molecule has 19 heavy (non-hydrogen) atoms. The molecule has 96 valence electrons. The molecule has 0 heterocycles. The molecule has 0 spiro atoms. The highest BCUT2D eigenvalue weighted by Gasteiger charge is 2.17. The Morgan fingerprint density at radius 3 is 2.74 bits per heavy atom. The second kappa shape index (κ2) is 5.10. The van der Waals surface area contributed by atoms with E-state index in [2.05, 4.69) is 22.0 Å². The Kier molecular flexibility index (Phi) is 3.46. The molecule has 0 amide bonds. The molecule has 0 bridgehead atoms. The maximum Gasteiger partial charge on any atom is 0.194 e. The van der Waals surface area contributed by atoms with E-state index >= 15 is 0 Å². The van der Waals surface area contributed by atoms with Gasteiger partial charge in [0.1, 0.15) is 0 Å². The summed E-state index contributed by atoms with van der Waals surface area (Å²) in [4.78, 5) is 12.5. The van der Waals surface area contributed by atoms with Gasteiger partial charge in [-0.2, -0.15) is 0 Å². The van der Waals surface area contributed by atoms with Gasteiger partial charge in [-0.3, -0.25) is 4.79 Å². The molecule has 0 aliphatic heterocycles. The van der Waals surface area contributed by atoms with Gasteiger partial charge in [-0.15, -0.1) is 0 Å². The van der Waals surface area contributed by atoms with Gasteiger partial charge in [-0.1, -0.05) is 29.8 Å². The molecule has 1 aliphatic rings. The summed E-state index contributed by atoms with van der Waals surface area (Å²) in [6.07, 6.45) is 3.38. The zero-order chi connectivity index (χ0) is 13.4. The van der Waals surface area contributed by atoms with E-state index in [9.17, 15) is 4.79 Å². The first kappa shape index (κ1) is 12.9. The molecule has 0 unspecified atom stereocenters. The van der Waals surface area contributed by atoms with Crippen LogP contribution in [0.5, 0.6) is 0 Å². The lowest BCUT2D eigenvalue weighted by molar-refractivity contribution is 0.103. The molecule has 0 fully saturated rings. The largest absolute Gasteiger partial charge is 0.289 e. The van der Waals surface area contributed by atoms with Crippen LogP contribution in [0.2, 0.25) is 5.02 Å². The van der Waals surface area contributed by atoms with Crippen LogP contribution in [-0.4, -0.2) is 5.78 Å². The van der Waals surface area contributed by atoms with Gasteiger partial charge in [0, 0.05) is 15.6 Å². The summed E-state index contributed by atoms with van der Waals surface area (Å²) in [6.45, 7) is 0. The smallest absolute Gasteiger partial charge is 0.194 e. The van der Waals surface area contributed by atoms with E-state index in [-0.39, 0.29) is 5.78 Å². The number of hydrogen-bond donors (Lipinski definition) is 0. The third-order valence-electron chi connectivity index (χ3n) is 3.56. The standard InChI is InChI=1S/C16H12BrClO/c17-14-6-2-5-13(15(14)18)16(19)12-8-7-10-3-1-4-11(10)9-12/h2,5-9H,1,3-4H2. The van der Waals surface area contributed by atoms with Crippen LogP contribution < -0.4 is 0 Å². The molecule has 2 aromatic rings. The zero-order valence-electron chi connectivity index (χ0n) is 10.2. The maximum absolute atomic E-state index is 12.5. The molecular weight excluding hydrogens is 324 g/mol.